The third kappa shape index (κ3) is 2.59. The van der Waals surface area contributed by atoms with E-state index in [1.807, 2.05) is 30.3 Å². The average molecular weight is 333 g/mol. The van der Waals surface area contributed by atoms with E-state index in [-0.39, 0.29) is 6.04 Å². The third-order valence-electron chi connectivity index (χ3n) is 4.35. The van der Waals surface area contributed by atoms with Crippen LogP contribution >= 0.6 is 11.6 Å². The van der Waals surface area contributed by atoms with Crippen LogP contribution in [0, 0.1) is 0 Å². The van der Waals surface area contributed by atoms with Crippen molar-refractivity contribution in [3.05, 3.63) is 89.4 Å². The lowest BCUT2D eigenvalue weighted by Crippen LogP contribution is -2.08. The zero-order valence-corrected chi connectivity index (χ0v) is 14.1. The molecule has 0 spiro atoms. The molecule has 4 rings (SSSR count). The fourth-order valence-corrected chi connectivity index (χ4v) is 3.34. The maximum atomic E-state index is 6.21. The van der Waals surface area contributed by atoms with E-state index in [1.54, 1.807) is 0 Å². The Hall–Kier alpha value is -2.58. The van der Waals surface area contributed by atoms with Crippen LogP contribution in [0.1, 0.15) is 18.5 Å². The summed E-state index contributed by atoms with van der Waals surface area (Å²) < 4.78 is 2.29. The Balaban J connectivity index is 1.97. The van der Waals surface area contributed by atoms with Crippen LogP contribution in [-0.4, -0.2) is 9.55 Å². The molecule has 118 valence electrons. The lowest BCUT2D eigenvalue weighted by atomic mass is 10.1. The van der Waals surface area contributed by atoms with E-state index in [2.05, 4.69) is 60.0 Å². The van der Waals surface area contributed by atoms with Gasteiger partial charge in [-0.1, -0.05) is 66.2 Å². The molecule has 3 heteroatoms. The first-order chi connectivity index (χ1) is 11.7. The van der Waals surface area contributed by atoms with E-state index in [1.165, 1.54) is 5.56 Å². The molecule has 2 nitrogen and oxygen atoms in total. The maximum absolute atomic E-state index is 6.21. The topological polar surface area (TPSA) is 17.8 Å². The summed E-state index contributed by atoms with van der Waals surface area (Å²) in [5.74, 6) is 0.940. The van der Waals surface area contributed by atoms with Crippen molar-refractivity contribution in [3.63, 3.8) is 0 Å². The Morgan fingerprint density at radius 2 is 1.62 bits per heavy atom. The molecule has 0 N–H and O–H groups in total. The summed E-state index contributed by atoms with van der Waals surface area (Å²) in [4.78, 5) is 4.87. The quantitative estimate of drug-likeness (QED) is 0.452. The summed E-state index contributed by atoms with van der Waals surface area (Å²) in [6.45, 7) is 2.21. The fourth-order valence-electron chi connectivity index (χ4n) is 3.15. The minimum atomic E-state index is 0.174. The van der Waals surface area contributed by atoms with Crippen molar-refractivity contribution in [1.82, 2.24) is 9.55 Å². The van der Waals surface area contributed by atoms with Crippen LogP contribution in [0.15, 0.2) is 78.9 Å². The van der Waals surface area contributed by atoms with Gasteiger partial charge in [-0.3, -0.25) is 0 Å². The lowest BCUT2D eigenvalue weighted by molar-refractivity contribution is 0.665. The summed E-state index contributed by atoms with van der Waals surface area (Å²) in [7, 11) is 0. The molecule has 0 radical (unpaired) electrons. The normalized spacial score (nSPS) is 12.4. The Labute approximate surface area is 146 Å². The number of aromatic nitrogens is 2. The van der Waals surface area contributed by atoms with Crippen molar-refractivity contribution in [2.45, 2.75) is 13.0 Å². The second kappa shape index (κ2) is 6.14. The van der Waals surface area contributed by atoms with Gasteiger partial charge in [0.1, 0.15) is 5.82 Å². The minimum Gasteiger partial charge on any atom is -0.317 e. The fraction of sp³-hybridized carbons (Fsp3) is 0.0952. The van der Waals surface area contributed by atoms with E-state index >= 15 is 0 Å². The van der Waals surface area contributed by atoms with E-state index in [4.69, 9.17) is 16.6 Å². The molecular weight excluding hydrogens is 316 g/mol. The molecule has 1 heterocycles. The maximum Gasteiger partial charge on any atom is 0.141 e. The van der Waals surface area contributed by atoms with Crippen LogP contribution in [-0.2, 0) is 0 Å². The van der Waals surface area contributed by atoms with Crippen molar-refractivity contribution in [2.24, 2.45) is 0 Å². The van der Waals surface area contributed by atoms with Gasteiger partial charge in [0, 0.05) is 10.6 Å². The Morgan fingerprint density at radius 3 is 2.42 bits per heavy atom. The van der Waals surface area contributed by atoms with Crippen molar-refractivity contribution in [1.29, 1.82) is 0 Å². The molecule has 0 saturated carbocycles. The van der Waals surface area contributed by atoms with E-state index in [0.29, 0.717) is 0 Å². The van der Waals surface area contributed by atoms with Gasteiger partial charge in [-0.2, -0.15) is 0 Å². The number of hydrogen-bond donors (Lipinski definition) is 0. The number of rotatable bonds is 3. The number of imidazole rings is 1. The van der Waals surface area contributed by atoms with Gasteiger partial charge in [0.25, 0.3) is 0 Å². The number of halogens is 1. The molecule has 1 atom stereocenters. The van der Waals surface area contributed by atoms with Crippen LogP contribution in [0.25, 0.3) is 22.4 Å². The number of hydrogen-bond acceptors (Lipinski definition) is 1. The van der Waals surface area contributed by atoms with Gasteiger partial charge in [0.05, 0.1) is 17.1 Å². The Morgan fingerprint density at radius 1 is 0.875 bits per heavy atom. The van der Waals surface area contributed by atoms with Crippen LogP contribution < -0.4 is 0 Å². The smallest absolute Gasteiger partial charge is 0.141 e. The predicted molar refractivity (Wildman–Crippen MR) is 100 cm³/mol. The summed E-state index contributed by atoms with van der Waals surface area (Å²) in [6.07, 6.45) is 0. The molecule has 0 aliphatic carbocycles. The summed E-state index contributed by atoms with van der Waals surface area (Å²) in [6, 6.07) is 26.8. The van der Waals surface area contributed by atoms with Gasteiger partial charge in [0.2, 0.25) is 0 Å². The van der Waals surface area contributed by atoms with Gasteiger partial charge >= 0.3 is 0 Å². The molecule has 0 aliphatic rings. The Kier molecular flexibility index (Phi) is 3.83. The minimum absolute atomic E-state index is 0.174. The molecule has 0 aliphatic heterocycles. The SMILES string of the molecule is CC(c1ccccc1)n1c(-c2cccc(Cl)c2)nc2ccccc21. The number of nitrogens with zero attached hydrogens (tertiary/aromatic N) is 2. The highest BCUT2D eigenvalue weighted by Crippen LogP contribution is 2.32. The van der Waals surface area contributed by atoms with Crippen LogP contribution in [0.2, 0.25) is 5.02 Å². The third-order valence-corrected chi connectivity index (χ3v) is 4.58. The average Bonchev–Trinajstić information content (AvgIpc) is 3.01. The number of fused-ring (bicyclic) bond motifs is 1. The summed E-state index contributed by atoms with van der Waals surface area (Å²) >= 11 is 6.21. The molecular formula is C21H17ClN2. The second-order valence-corrected chi connectivity index (χ2v) is 6.33. The largest absolute Gasteiger partial charge is 0.317 e. The zero-order valence-electron chi connectivity index (χ0n) is 13.4. The van der Waals surface area contributed by atoms with Gasteiger partial charge in [-0.05, 0) is 36.8 Å². The standard InChI is InChI=1S/C21H17ClN2/c1-15(16-8-3-2-4-9-16)24-20-13-6-5-12-19(20)23-21(24)17-10-7-11-18(22)14-17/h2-15H,1H3. The first-order valence-corrected chi connectivity index (χ1v) is 8.39. The molecule has 0 saturated heterocycles. The monoisotopic (exact) mass is 332 g/mol. The van der Waals surface area contributed by atoms with E-state index in [0.717, 1.165) is 27.4 Å². The van der Waals surface area contributed by atoms with Crippen molar-refractivity contribution < 1.29 is 0 Å². The van der Waals surface area contributed by atoms with Gasteiger partial charge in [-0.15, -0.1) is 0 Å². The first kappa shape index (κ1) is 15.0. The van der Waals surface area contributed by atoms with Crippen molar-refractivity contribution in [3.8, 4) is 11.4 Å². The molecule has 24 heavy (non-hydrogen) atoms. The molecule has 3 aromatic carbocycles. The van der Waals surface area contributed by atoms with E-state index in [9.17, 15) is 0 Å². The van der Waals surface area contributed by atoms with Crippen molar-refractivity contribution >= 4 is 22.6 Å². The highest BCUT2D eigenvalue weighted by Gasteiger charge is 2.18. The highest BCUT2D eigenvalue weighted by molar-refractivity contribution is 6.30. The predicted octanol–water partition coefficient (Wildman–Crippen LogP) is 5.97. The molecule has 0 bridgehead atoms. The van der Waals surface area contributed by atoms with E-state index < -0.39 is 0 Å². The van der Waals surface area contributed by atoms with Gasteiger partial charge in [-0.25, -0.2) is 4.98 Å². The van der Waals surface area contributed by atoms with Crippen LogP contribution in [0.5, 0.6) is 0 Å². The summed E-state index contributed by atoms with van der Waals surface area (Å²) in [5.41, 5.74) is 4.41. The second-order valence-electron chi connectivity index (χ2n) is 5.89. The zero-order chi connectivity index (χ0) is 16.5. The van der Waals surface area contributed by atoms with Gasteiger partial charge in [0.15, 0.2) is 0 Å². The number of benzene rings is 3. The Bertz CT molecular complexity index is 989. The molecule has 4 aromatic rings. The number of para-hydroxylation sites is 2. The molecule has 1 aromatic heterocycles. The van der Waals surface area contributed by atoms with Gasteiger partial charge < -0.3 is 4.57 Å². The summed E-state index contributed by atoms with van der Waals surface area (Å²) in [5, 5.41) is 0.721. The molecule has 0 fully saturated rings. The highest BCUT2D eigenvalue weighted by atomic mass is 35.5. The lowest BCUT2D eigenvalue weighted by Gasteiger charge is -2.18. The molecule has 1 unspecified atom stereocenters. The first-order valence-electron chi connectivity index (χ1n) is 8.02. The van der Waals surface area contributed by atoms with Crippen LogP contribution in [0.4, 0.5) is 0 Å². The molecule has 0 amide bonds. The van der Waals surface area contributed by atoms with Crippen LogP contribution in [0.3, 0.4) is 0 Å². The van der Waals surface area contributed by atoms with Crippen molar-refractivity contribution in [2.75, 3.05) is 0 Å².